The van der Waals surface area contributed by atoms with Gasteiger partial charge in [0, 0.05) is 23.3 Å². The molecule has 2 unspecified atom stereocenters. The molecule has 1 aliphatic heterocycles. The van der Waals surface area contributed by atoms with Crippen LogP contribution in [0.25, 0.3) is 0 Å². The summed E-state index contributed by atoms with van der Waals surface area (Å²) in [5.41, 5.74) is 2.59. The monoisotopic (exact) mass is 370 g/mol. The fourth-order valence-corrected chi connectivity index (χ4v) is 5.48. The Bertz CT molecular complexity index is 747. The quantitative estimate of drug-likeness (QED) is 0.600. The van der Waals surface area contributed by atoms with Gasteiger partial charge in [-0.05, 0) is 55.5 Å². The first-order valence-electron chi connectivity index (χ1n) is 9.41. The molecule has 4 heteroatoms. The van der Waals surface area contributed by atoms with Gasteiger partial charge in [-0.3, -0.25) is 0 Å². The van der Waals surface area contributed by atoms with Crippen LogP contribution in [0.4, 0.5) is 0 Å². The lowest BCUT2D eigenvalue weighted by Crippen LogP contribution is -2.13. The Kier molecular flexibility index (Phi) is 5.30. The second-order valence-electron chi connectivity index (χ2n) is 7.21. The van der Waals surface area contributed by atoms with Gasteiger partial charge in [0.15, 0.2) is 11.5 Å². The molecule has 1 saturated carbocycles. The fraction of sp³-hybridized carbons (Fsp3) is 0.455. The van der Waals surface area contributed by atoms with Crippen molar-refractivity contribution in [3.63, 3.8) is 0 Å². The molecule has 2 aliphatic rings. The van der Waals surface area contributed by atoms with Crippen molar-refractivity contribution in [1.82, 2.24) is 0 Å². The third kappa shape index (κ3) is 3.66. The normalized spacial score (nSPS) is 23.5. The number of ether oxygens (including phenoxy) is 2. The van der Waals surface area contributed by atoms with E-state index < -0.39 is 0 Å². The summed E-state index contributed by atoms with van der Waals surface area (Å²) in [5, 5.41) is 0.379. The lowest BCUT2D eigenvalue weighted by molar-refractivity contribution is 0.200. The van der Waals surface area contributed by atoms with Gasteiger partial charge >= 0.3 is 0 Å². The van der Waals surface area contributed by atoms with E-state index in [1.165, 1.54) is 24.0 Å². The van der Waals surface area contributed by atoms with Crippen molar-refractivity contribution in [2.45, 2.75) is 43.5 Å². The summed E-state index contributed by atoms with van der Waals surface area (Å²) in [4.78, 5) is 0. The molecular formula is C22H26O3S. The van der Waals surface area contributed by atoms with E-state index in [-0.39, 0.29) is 0 Å². The zero-order chi connectivity index (χ0) is 17.9. The Labute approximate surface area is 159 Å². The highest BCUT2D eigenvalue weighted by atomic mass is 32.2. The summed E-state index contributed by atoms with van der Waals surface area (Å²) in [5.74, 6) is 4.12. The van der Waals surface area contributed by atoms with Gasteiger partial charge in [-0.25, -0.2) is 0 Å². The number of methoxy groups -OCH3 is 1. The van der Waals surface area contributed by atoms with Crippen LogP contribution in [0.2, 0.25) is 0 Å². The maximum Gasteiger partial charge on any atom is 0.161 e. The van der Waals surface area contributed by atoms with E-state index in [2.05, 4.69) is 24.8 Å². The van der Waals surface area contributed by atoms with Gasteiger partial charge in [0.2, 0.25) is 0 Å². The predicted octanol–water partition coefficient (Wildman–Crippen LogP) is 5.81. The Morgan fingerprint density at radius 3 is 2.77 bits per heavy atom. The van der Waals surface area contributed by atoms with E-state index in [1.54, 1.807) is 13.4 Å². The molecule has 138 valence electrons. The SMILES string of the molecule is C=C1CSC(c2ccc(OC)c(OC3CCCC3)c2)C1Cc1ccco1. The van der Waals surface area contributed by atoms with Crippen molar-refractivity contribution in [2.75, 3.05) is 12.9 Å². The fourth-order valence-electron chi connectivity index (χ4n) is 4.01. The van der Waals surface area contributed by atoms with Crippen LogP contribution in [0.15, 0.2) is 53.2 Å². The standard InChI is InChI=1S/C22H26O3S/c1-15-14-26-22(19(15)13-18-8-5-11-24-18)16-9-10-20(23-2)21(12-16)25-17-6-3-4-7-17/h5,8-12,17,19,22H,1,3-4,6-7,13-14H2,2H3. The molecule has 3 nitrogen and oxygen atoms in total. The topological polar surface area (TPSA) is 31.6 Å². The van der Waals surface area contributed by atoms with Gasteiger partial charge in [-0.2, -0.15) is 0 Å². The van der Waals surface area contributed by atoms with E-state index >= 15 is 0 Å². The molecule has 0 spiro atoms. The largest absolute Gasteiger partial charge is 0.493 e. The smallest absolute Gasteiger partial charge is 0.161 e. The molecule has 0 radical (unpaired) electrons. The predicted molar refractivity (Wildman–Crippen MR) is 106 cm³/mol. The number of thioether (sulfide) groups is 1. The van der Waals surface area contributed by atoms with Crippen LogP contribution in [0.5, 0.6) is 11.5 Å². The molecule has 1 aromatic heterocycles. The third-order valence-corrected chi connectivity index (χ3v) is 6.95. The molecule has 2 atom stereocenters. The Balaban J connectivity index is 1.58. The summed E-state index contributed by atoms with van der Waals surface area (Å²) >= 11 is 1.96. The van der Waals surface area contributed by atoms with E-state index in [4.69, 9.17) is 13.9 Å². The van der Waals surface area contributed by atoms with Gasteiger partial charge < -0.3 is 13.9 Å². The molecular weight excluding hydrogens is 344 g/mol. The average Bonchev–Trinajstić information content (AvgIpc) is 3.40. The number of rotatable bonds is 6. The van der Waals surface area contributed by atoms with Crippen LogP contribution < -0.4 is 9.47 Å². The van der Waals surface area contributed by atoms with Crippen molar-refractivity contribution < 1.29 is 13.9 Å². The first kappa shape index (κ1) is 17.6. The second kappa shape index (κ2) is 7.83. The second-order valence-corrected chi connectivity index (χ2v) is 8.34. The number of furan rings is 1. The maximum absolute atomic E-state index is 6.29. The van der Waals surface area contributed by atoms with Crippen LogP contribution in [0.3, 0.4) is 0 Å². The molecule has 2 aromatic rings. The zero-order valence-electron chi connectivity index (χ0n) is 15.3. The number of hydrogen-bond donors (Lipinski definition) is 0. The molecule has 1 saturated heterocycles. The van der Waals surface area contributed by atoms with Crippen LogP contribution >= 0.6 is 11.8 Å². The van der Waals surface area contributed by atoms with Crippen LogP contribution in [-0.4, -0.2) is 19.0 Å². The summed E-state index contributed by atoms with van der Waals surface area (Å²) in [6.07, 6.45) is 7.77. The summed E-state index contributed by atoms with van der Waals surface area (Å²) in [6.45, 7) is 4.31. The summed E-state index contributed by atoms with van der Waals surface area (Å²) in [7, 11) is 1.71. The van der Waals surface area contributed by atoms with Gasteiger partial charge in [-0.1, -0.05) is 18.2 Å². The Hall–Kier alpha value is -1.81. The van der Waals surface area contributed by atoms with E-state index in [0.29, 0.717) is 17.3 Å². The van der Waals surface area contributed by atoms with Crippen LogP contribution in [0, 0.1) is 5.92 Å². The summed E-state index contributed by atoms with van der Waals surface area (Å²) < 4.78 is 17.4. The van der Waals surface area contributed by atoms with Crippen molar-refractivity contribution in [2.24, 2.45) is 5.92 Å². The first-order chi connectivity index (χ1) is 12.7. The minimum Gasteiger partial charge on any atom is -0.493 e. The molecule has 4 rings (SSSR count). The highest BCUT2D eigenvalue weighted by Crippen LogP contribution is 2.49. The van der Waals surface area contributed by atoms with Crippen LogP contribution in [0.1, 0.15) is 42.3 Å². The number of benzene rings is 1. The van der Waals surface area contributed by atoms with E-state index in [0.717, 1.165) is 42.3 Å². The van der Waals surface area contributed by atoms with E-state index in [9.17, 15) is 0 Å². The zero-order valence-corrected chi connectivity index (χ0v) is 16.1. The van der Waals surface area contributed by atoms with Gasteiger partial charge in [0.1, 0.15) is 5.76 Å². The van der Waals surface area contributed by atoms with Gasteiger partial charge in [0.05, 0.1) is 19.5 Å². The van der Waals surface area contributed by atoms with Gasteiger partial charge in [-0.15, -0.1) is 11.8 Å². The minimum absolute atomic E-state index is 0.323. The Morgan fingerprint density at radius 2 is 2.04 bits per heavy atom. The molecule has 26 heavy (non-hydrogen) atoms. The van der Waals surface area contributed by atoms with E-state index in [1.807, 2.05) is 23.9 Å². The molecule has 0 N–H and O–H groups in total. The lowest BCUT2D eigenvalue weighted by atomic mass is 9.89. The van der Waals surface area contributed by atoms with Crippen molar-refractivity contribution in [1.29, 1.82) is 0 Å². The molecule has 0 amide bonds. The first-order valence-corrected chi connectivity index (χ1v) is 10.5. The highest BCUT2D eigenvalue weighted by Gasteiger charge is 2.33. The van der Waals surface area contributed by atoms with Crippen molar-refractivity contribution in [3.05, 3.63) is 60.1 Å². The molecule has 0 bridgehead atoms. The Morgan fingerprint density at radius 1 is 1.19 bits per heavy atom. The minimum atomic E-state index is 0.323. The molecule has 1 aromatic carbocycles. The third-order valence-electron chi connectivity index (χ3n) is 5.45. The maximum atomic E-state index is 6.29. The van der Waals surface area contributed by atoms with Crippen molar-refractivity contribution in [3.8, 4) is 11.5 Å². The molecule has 2 fully saturated rings. The lowest BCUT2D eigenvalue weighted by Gasteiger charge is -2.22. The average molecular weight is 371 g/mol. The summed E-state index contributed by atoms with van der Waals surface area (Å²) in [6, 6.07) is 10.4. The van der Waals surface area contributed by atoms with Gasteiger partial charge in [0.25, 0.3) is 0 Å². The number of hydrogen-bond acceptors (Lipinski definition) is 4. The highest BCUT2D eigenvalue weighted by molar-refractivity contribution is 8.00. The van der Waals surface area contributed by atoms with Crippen molar-refractivity contribution >= 4 is 11.8 Å². The van der Waals surface area contributed by atoms with Crippen LogP contribution in [-0.2, 0) is 6.42 Å². The molecule has 2 heterocycles. The molecule has 1 aliphatic carbocycles.